The van der Waals surface area contributed by atoms with E-state index in [9.17, 15) is 4.79 Å². The van der Waals surface area contributed by atoms with E-state index in [0.29, 0.717) is 10.7 Å². The van der Waals surface area contributed by atoms with Gasteiger partial charge in [0.15, 0.2) is 0 Å². The van der Waals surface area contributed by atoms with E-state index in [1.54, 1.807) is 6.07 Å². The molecule has 1 aromatic rings. The summed E-state index contributed by atoms with van der Waals surface area (Å²) in [7, 11) is 0. The SMILES string of the molecule is CCCc1cc(C(=O)NC(C)CC)cc(Cl)n1. The summed E-state index contributed by atoms with van der Waals surface area (Å²) in [5.74, 6) is -0.0824. The second-order valence-corrected chi connectivity index (χ2v) is 4.59. The molecule has 1 atom stereocenters. The molecule has 3 nitrogen and oxygen atoms in total. The van der Waals surface area contributed by atoms with E-state index >= 15 is 0 Å². The Morgan fingerprint density at radius 3 is 2.76 bits per heavy atom. The van der Waals surface area contributed by atoms with E-state index in [4.69, 9.17) is 11.6 Å². The molecule has 1 rings (SSSR count). The number of aromatic nitrogens is 1. The maximum Gasteiger partial charge on any atom is 0.251 e. The highest BCUT2D eigenvalue weighted by Gasteiger charge is 2.10. The Balaban J connectivity index is 2.85. The van der Waals surface area contributed by atoms with Crippen LogP contribution in [0.15, 0.2) is 12.1 Å². The van der Waals surface area contributed by atoms with Crippen molar-refractivity contribution in [3.05, 3.63) is 28.5 Å². The average molecular weight is 255 g/mol. The molecule has 0 fully saturated rings. The Hall–Kier alpha value is -1.09. The second-order valence-electron chi connectivity index (χ2n) is 4.20. The largest absolute Gasteiger partial charge is 0.350 e. The van der Waals surface area contributed by atoms with Crippen LogP contribution in [-0.4, -0.2) is 16.9 Å². The van der Waals surface area contributed by atoms with Gasteiger partial charge in [-0.1, -0.05) is 31.9 Å². The fourth-order valence-electron chi connectivity index (χ4n) is 1.48. The first kappa shape index (κ1) is 14.0. The Labute approximate surface area is 108 Å². The molecule has 0 aliphatic heterocycles. The van der Waals surface area contributed by atoms with E-state index in [1.807, 2.05) is 19.9 Å². The smallest absolute Gasteiger partial charge is 0.251 e. The van der Waals surface area contributed by atoms with Crippen LogP contribution < -0.4 is 5.32 Å². The molecule has 17 heavy (non-hydrogen) atoms. The lowest BCUT2D eigenvalue weighted by Gasteiger charge is -2.12. The molecule has 1 heterocycles. The van der Waals surface area contributed by atoms with Crippen molar-refractivity contribution < 1.29 is 4.79 Å². The molecule has 0 bridgehead atoms. The van der Waals surface area contributed by atoms with Crippen molar-refractivity contribution >= 4 is 17.5 Å². The molecule has 0 saturated carbocycles. The van der Waals surface area contributed by atoms with Crippen molar-refractivity contribution in [2.45, 2.75) is 46.1 Å². The van der Waals surface area contributed by atoms with E-state index in [1.165, 1.54) is 0 Å². The molecular formula is C13H19ClN2O. The van der Waals surface area contributed by atoms with Crippen LogP contribution in [0.1, 0.15) is 49.7 Å². The number of rotatable bonds is 5. The van der Waals surface area contributed by atoms with Crippen LogP contribution in [0.2, 0.25) is 5.15 Å². The number of pyridine rings is 1. The third-order valence-electron chi connectivity index (χ3n) is 2.61. The summed E-state index contributed by atoms with van der Waals surface area (Å²) in [6.45, 7) is 6.09. The number of aryl methyl sites for hydroxylation is 1. The molecule has 0 aliphatic carbocycles. The number of hydrogen-bond acceptors (Lipinski definition) is 2. The molecule has 1 unspecified atom stereocenters. The van der Waals surface area contributed by atoms with Gasteiger partial charge in [-0.3, -0.25) is 4.79 Å². The highest BCUT2D eigenvalue weighted by atomic mass is 35.5. The average Bonchev–Trinajstić information content (AvgIpc) is 2.28. The third-order valence-corrected chi connectivity index (χ3v) is 2.80. The van der Waals surface area contributed by atoms with Gasteiger partial charge in [-0.05, 0) is 31.9 Å². The molecule has 4 heteroatoms. The Kier molecular flexibility index (Phi) is 5.42. The number of carbonyl (C=O) groups is 1. The number of nitrogens with one attached hydrogen (secondary N) is 1. The van der Waals surface area contributed by atoms with Gasteiger partial charge in [-0.25, -0.2) is 4.98 Å². The highest BCUT2D eigenvalue weighted by Crippen LogP contribution is 2.12. The molecule has 1 amide bonds. The molecule has 0 spiro atoms. The third kappa shape index (κ3) is 4.35. The van der Waals surface area contributed by atoms with Gasteiger partial charge in [0.05, 0.1) is 0 Å². The standard InChI is InChI=1S/C13H19ClN2O/c1-4-6-11-7-10(8-12(14)16-11)13(17)15-9(3)5-2/h7-9H,4-6H2,1-3H3,(H,15,17). The van der Waals surface area contributed by atoms with Gasteiger partial charge in [0.25, 0.3) is 5.91 Å². The summed E-state index contributed by atoms with van der Waals surface area (Å²) in [6, 6.07) is 3.59. The first-order chi connectivity index (χ1) is 8.06. The van der Waals surface area contributed by atoms with E-state index < -0.39 is 0 Å². The minimum absolute atomic E-state index is 0.0824. The molecule has 0 aromatic carbocycles. The Morgan fingerprint density at radius 1 is 1.47 bits per heavy atom. The summed E-state index contributed by atoms with van der Waals surface area (Å²) < 4.78 is 0. The van der Waals surface area contributed by atoms with Crippen LogP contribution in [-0.2, 0) is 6.42 Å². The van der Waals surface area contributed by atoms with Gasteiger partial charge in [-0.15, -0.1) is 0 Å². The maximum absolute atomic E-state index is 11.9. The number of amides is 1. The van der Waals surface area contributed by atoms with Crippen LogP contribution in [0.4, 0.5) is 0 Å². The maximum atomic E-state index is 11.9. The zero-order valence-corrected chi connectivity index (χ0v) is 11.3. The molecule has 1 N–H and O–H groups in total. The van der Waals surface area contributed by atoms with E-state index in [2.05, 4.69) is 17.2 Å². The lowest BCUT2D eigenvalue weighted by atomic mass is 10.1. The summed E-state index contributed by atoms with van der Waals surface area (Å²) in [6.07, 6.45) is 2.73. The molecular weight excluding hydrogens is 236 g/mol. The van der Waals surface area contributed by atoms with Crippen molar-refractivity contribution in [3.63, 3.8) is 0 Å². The fraction of sp³-hybridized carbons (Fsp3) is 0.538. The zero-order chi connectivity index (χ0) is 12.8. The predicted molar refractivity (Wildman–Crippen MR) is 70.5 cm³/mol. The minimum atomic E-state index is -0.0824. The summed E-state index contributed by atoms with van der Waals surface area (Å²) >= 11 is 5.91. The van der Waals surface area contributed by atoms with Crippen LogP contribution in [0.3, 0.4) is 0 Å². The number of nitrogens with zero attached hydrogens (tertiary/aromatic N) is 1. The number of carbonyl (C=O) groups excluding carboxylic acids is 1. The van der Waals surface area contributed by atoms with E-state index in [-0.39, 0.29) is 11.9 Å². The molecule has 0 aliphatic rings. The van der Waals surface area contributed by atoms with Gasteiger partial charge in [0.2, 0.25) is 0 Å². The first-order valence-corrected chi connectivity index (χ1v) is 6.42. The van der Waals surface area contributed by atoms with Crippen LogP contribution in [0.5, 0.6) is 0 Å². The fourth-order valence-corrected chi connectivity index (χ4v) is 1.70. The lowest BCUT2D eigenvalue weighted by Crippen LogP contribution is -2.32. The zero-order valence-electron chi connectivity index (χ0n) is 10.6. The van der Waals surface area contributed by atoms with Crippen molar-refractivity contribution in [2.75, 3.05) is 0 Å². The van der Waals surface area contributed by atoms with Crippen molar-refractivity contribution in [1.82, 2.24) is 10.3 Å². The normalized spacial score (nSPS) is 12.2. The number of hydrogen-bond donors (Lipinski definition) is 1. The topological polar surface area (TPSA) is 42.0 Å². The predicted octanol–water partition coefficient (Wildman–Crippen LogP) is 3.22. The first-order valence-electron chi connectivity index (χ1n) is 6.04. The number of halogens is 1. The van der Waals surface area contributed by atoms with Gasteiger partial charge in [0.1, 0.15) is 5.15 Å². The van der Waals surface area contributed by atoms with Gasteiger partial charge in [0, 0.05) is 17.3 Å². The van der Waals surface area contributed by atoms with Crippen LogP contribution in [0, 0.1) is 0 Å². The van der Waals surface area contributed by atoms with Gasteiger partial charge >= 0.3 is 0 Å². The van der Waals surface area contributed by atoms with Gasteiger partial charge < -0.3 is 5.32 Å². The molecule has 0 saturated heterocycles. The summed E-state index contributed by atoms with van der Waals surface area (Å²) in [5, 5.41) is 3.30. The second kappa shape index (κ2) is 6.60. The Bertz CT molecular complexity index is 393. The van der Waals surface area contributed by atoms with Crippen LogP contribution in [0.25, 0.3) is 0 Å². The van der Waals surface area contributed by atoms with Crippen LogP contribution >= 0.6 is 11.6 Å². The van der Waals surface area contributed by atoms with Crippen molar-refractivity contribution in [3.8, 4) is 0 Å². The summed E-state index contributed by atoms with van der Waals surface area (Å²) in [5.41, 5.74) is 1.46. The molecule has 0 radical (unpaired) electrons. The quantitative estimate of drug-likeness (QED) is 0.820. The highest BCUT2D eigenvalue weighted by molar-refractivity contribution is 6.29. The summed E-state index contributed by atoms with van der Waals surface area (Å²) in [4.78, 5) is 16.1. The lowest BCUT2D eigenvalue weighted by molar-refractivity contribution is 0.0939. The van der Waals surface area contributed by atoms with Gasteiger partial charge in [-0.2, -0.15) is 0 Å². The minimum Gasteiger partial charge on any atom is -0.350 e. The van der Waals surface area contributed by atoms with E-state index in [0.717, 1.165) is 25.0 Å². The molecule has 94 valence electrons. The monoisotopic (exact) mass is 254 g/mol. The van der Waals surface area contributed by atoms with Crippen molar-refractivity contribution in [1.29, 1.82) is 0 Å². The van der Waals surface area contributed by atoms with Crippen molar-refractivity contribution in [2.24, 2.45) is 0 Å². The Morgan fingerprint density at radius 2 is 2.18 bits per heavy atom. The molecule has 1 aromatic heterocycles.